The van der Waals surface area contributed by atoms with Crippen molar-refractivity contribution in [1.29, 1.82) is 0 Å². The highest BCUT2D eigenvalue weighted by molar-refractivity contribution is 6.35. The molecule has 4 rings (SSSR count). The second kappa shape index (κ2) is 7.01. The maximum Gasteiger partial charge on any atom is 0.359 e. The first-order valence-corrected chi connectivity index (χ1v) is 9.84. The maximum absolute atomic E-state index is 12.5. The third kappa shape index (κ3) is 3.10. The van der Waals surface area contributed by atoms with Crippen LogP contribution in [0.2, 0.25) is 10.0 Å². The van der Waals surface area contributed by atoms with Crippen LogP contribution in [0.25, 0.3) is 5.69 Å². The number of hydrogen-bond donors (Lipinski definition) is 0. The molecule has 2 aliphatic carbocycles. The third-order valence-electron chi connectivity index (χ3n) is 5.01. The van der Waals surface area contributed by atoms with E-state index in [1.165, 1.54) is 0 Å². The van der Waals surface area contributed by atoms with Crippen LogP contribution in [0.3, 0.4) is 0 Å². The number of carbonyl (C=O) groups is 1. The van der Waals surface area contributed by atoms with Crippen LogP contribution in [0.15, 0.2) is 41.0 Å². The highest BCUT2D eigenvalue weighted by atomic mass is 35.5. The summed E-state index contributed by atoms with van der Waals surface area (Å²) in [6.45, 7) is 4.06. The molecule has 0 aliphatic heterocycles. The monoisotopic (exact) mass is 422 g/mol. The van der Waals surface area contributed by atoms with Crippen LogP contribution >= 0.6 is 34.8 Å². The van der Waals surface area contributed by atoms with Gasteiger partial charge >= 0.3 is 5.97 Å². The summed E-state index contributed by atoms with van der Waals surface area (Å²) < 4.78 is 6.96. The van der Waals surface area contributed by atoms with E-state index in [1.807, 2.05) is 13.0 Å². The van der Waals surface area contributed by atoms with Crippen LogP contribution in [0.1, 0.15) is 41.5 Å². The Morgan fingerprint density at radius 2 is 2.07 bits per heavy atom. The van der Waals surface area contributed by atoms with Crippen molar-refractivity contribution in [2.24, 2.45) is 5.92 Å². The van der Waals surface area contributed by atoms with E-state index in [0.717, 1.165) is 21.9 Å². The van der Waals surface area contributed by atoms with Gasteiger partial charge in [0.05, 0.1) is 23.0 Å². The van der Waals surface area contributed by atoms with Crippen molar-refractivity contribution in [1.82, 2.24) is 9.78 Å². The summed E-state index contributed by atoms with van der Waals surface area (Å²) in [6, 6.07) is 5.22. The van der Waals surface area contributed by atoms with Crippen molar-refractivity contribution in [2.75, 3.05) is 6.61 Å². The van der Waals surface area contributed by atoms with Gasteiger partial charge in [0.15, 0.2) is 5.69 Å². The Morgan fingerprint density at radius 1 is 1.30 bits per heavy atom. The number of nitrogens with zero attached hydrogens (tertiary/aromatic N) is 2. The average molecular weight is 424 g/mol. The van der Waals surface area contributed by atoms with E-state index in [9.17, 15) is 4.79 Å². The Kier molecular flexibility index (Phi) is 4.83. The van der Waals surface area contributed by atoms with Crippen molar-refractivity contribution in [3.05, 3.63) is 68.0 Å². The first-order valence-electron chi connectivity index (χ1n) is 8.71. The van der Waals surface area contributed by atoms with E-state index >= 15 is 0 Å². The summed E-state index contributed by atoms with van der Waals surface area (Å²) in [4.78, 5) is 12.5. The first-order chi connectivity index (χ1) is 12.9. The Labute approximate surface area is 172 Å². The van der Waals surface area contributed by atoms with Crippen LogP contribution in [-0.4, -0.2) is 22.4 Å². The van der Waals surface area contributed by atoms with E-state index in [1.54, 1.807) is 29.8 Å². The summed E-state index contributed by atoms with van der Waals surface area (Å²) in [5.41, 5.74) is 3.87. The fraction of sp³-hybridized carbons (Fsp3) is 0.300. The molecule has 1 aromatic carbocycles. The van der Waals surface area contributed by atoms with Gasteiger partial charge in [0, 0.05) is 21.5 Å². The molecule has 2 aliphatic rings. The zero-order valence-corrected chi connectivity index (χ0v) is 17.1. The highest BCUT2D eigenvalue weighted by Gasteiger charge is 2.40. The fourth-order valence-corrected chi connectivity index (χ4v) is 4.51. The predicted molar refractivity (Wildman–Crippen MR) is 107 cm³/mol. The maximum atomic E-state index is 12.5. The van der Waals surface area contributed by atoms with Gasteiger partial charge in [-0.25, -0.2) is 9.48 Å². The Morgan fingerprint density at radius 3 is 2.78 bits per heavy atom. The topological polar surface area (TPSA) is 44.1 Å². The van der Waals surface area contributed by atoms with Crippen molar-refractivity contribution in [3.63, 3.8) is 0 Å². The van der Waals surface area contributed by atoms with Gasteiger partial charge in [-0.15, -0.1) is 0 Å². The minimum absolute atomic E-state index is 0.0265. The number of halogens is 3. The van der Waals surface area contributed by atoms with E-state index in [4.69, 9.17) is 39.5 Å². The summed E-state index contributed by atoms with van der Waals surface area (Å²) in [5.74, 6) is -0.170. The second-order valence-electron chi connectivity index (χ2n) is 6.70. The Balaban J connectivity index is 1.92. The lowest BCUT2D eigenvalue weighted by Crippen LogP contribution is -2.15. The number of ether oxygens (including phenoxy) is 1. The normalized spacial score (nSPS) is 20.6. The van der Waals surface area contributed by atoms with Crippen LogP contribution in [-0.2, 0) is 11.2 Å². The lowest BCUT2D eigenvalue weighted by molar-refractivity contribution is 0.0517. The van der Waals surface area contributed by atoms with Crippen molar-refractivity contribution in [3.8, 4) is 5.69 Å². The second-order valence-corrected chi connectivity index (χ2v) is 7.95. The summed E-state index contributed by atoms with van der Waals surface area (Å²) >= 11 is 18.9. The standard InChI is InChI=1S/C20H17Cl3N2O2/c1-3-27-20(26)18-14-7-11-6-10(2)15(22)9-13(11)19(14)25(24-18)17-5-4-12(21)8-16(17)23/h4-6,8-9,11,13H,3,7H2,1-2H3. The van der Waals surface area contributed by atoms with Gasteiger partial charge in [0.25, 0.3) is 0 Å². The van der Waals surface area contributed by atoms with Crippen LogP contribution in [0.4, 0.5) is 0 Å². The lowest BCUT2D eigenvalue weighted by atomic mass is 9.88. The average Bonchev–Trinajstić information content (AvgIpc) is 3.13. The Bertz CT molecular complexity index is 1010. The molecule has 27 heavy (non-hydrogen) atoms. The van der Waals surface area contributed by atoms with Gasteiger partial charge in [-0.3, -0.25) is 0 Å². The van der Waals surface area contributed by atoms with Crippen molar-refractivity contribution in [2.45, 2.75) is 26.2 Å². The Hall–Kier alpha value is -1.75. The molecule has 1 aromatic heterocycles. The van der Waals surface area contributed by atoms with E-state index in [-0.39, 0.29) is 11.8 Å². The molecule has 0 radical (unpaired) electrons. The number of fused-ring (bicyclic) bond motifs is 3. The molecular weight excluding hydrogens is 407 g/mol. The molecule has 0 amide bonds. The number of esters is 1. The van der Waals surface area contributed by atoms with Crippen LogP contribution < -0.4 is 0 Å². The number of rotatable bonds is 3. The van der Waals surface area contributed by atoms with Crippen molar-refractivity contribution < 1.29 is 9.53 Å². The fourth-order valence-electron chi connectivity index (χ4n) is 3.83. The summed E-state index contributed by atoms with van der Waals surface area (Å²) in [7, 11) is 0. The van der Waals surface area contributed by atoms with E-state index in [2.05, 4.69) is 11.2 Å². The van der Waals surface area contributed by atoms with Gasteiger partial charge in [-0.05, 0) is 50.0 Å². The molecule has 1 heterocycles. The lowest BCUT2D eigenvalue weighted by Gasteiger charge is -2.22. The van der Waals surface area contributed by atoms with Gasteiger partial charge in [-0.1, -0.05) is 47.0 Å². The number of hydrogen-bond acceptors (Lipinski definition) is 3. The number of allylic oxidation sites excluding steroid dienone is 4. The van der Waals surface area contributed by atoms with Gasteiger partial charge < -0.3 is 4.74 Å². The molecule has 0 N–H and O–H groups in total. The first kappa shape index (κ1) is 18.6. The van der Waals surface area contributed by atoms with Crippen LogP contribution in [0, 0.1) is 5.92 Å². The smallest absolute Gasteiger partial charge is 0.359 e. The van der Waals surface area contributed by atoms with Crippen molar-refractivity contribution >= 4 is 40.8 Å². The molecule has 0 fully saturated rings. The third-order valence-corrected chi connectivity index (χ3v) is 5.98. The molecule has 4 nitrogen and oxygen atoms in total. The zero-order chi connectivity index (χ0) is 19.3. The summed E-state index contributed by atoms with van der Waals surface area (Å²) in [5, 5.41) is 6.29. The minimum atomic E-state index is -0.424. The zero-order valence-electron chi connectivity index (χ0n) is 14.8. The molecule has 7 heteroatoms. The molecule has 2 atom stereocenters. The molecule has 0 spiro atoms. The molecule has 2 aromatic rings. The number of benzene rings is 1. The van der Waals surface area contributed by atoms with Crippen LogP contribution in [0.5, 0.6) is 0 Å². The van der Waals surface area contributed by atoms with Gasteiger partial charge in [0.2, 0.25) is 0 Å². The molecule has 140 valence electrons. The van der Waals surface area contributed by atoms with E-state index < -0.39 is 5.97 Å². The number of carbonyl (C=O) groups excluding carboxylic acids is 1. The van der Waals surface area contributed by atoms with Gasteiger partial charge in [-0.2, -0.15) is 5.10 Å². The van der Waals surface area contributed by atoms with Gasteiger partial charge in [0.1, 0.15) is 0 Å². The predicted octanol–water partition coefficient (Wildman–Crippen LogP) is 5.69. The van der Waals surface area contributed by atoms with E-state index in [0.29, 0.717) is 34.5 Å². The summed E-state index contributed by atoms with van der Waals surface area (Å²) in [6.07, 6.45) is 4.90. The molecule has 0 bridgehead atoms. The molecule has 2 unspecified atom stereocenters. The SMILES string of the molecule is CCOC(=O)c1nn(-c2ccc(Cl)cc2Cl)c2c1CC1C=C(C)C(Cl)=CC21. The molecule has 0 saturated heterocycles. The quantitative estimate of drug-likeness (QED) is 0.595. The molecular formula is C20H17Cl3N2O2. The highest BCUT2D eigenvalue weighted by Crippen LogP contribution is 2.47. The number of aromatic nitrogens is 2. The largest absolute Gasteiger partial charge is 0.461 e. The molecule has 0 saturated carbocycles. The minimum Gasteiger partial charge on any atom is -0.461 e.